The number of pyridine rings is 2. The third kappa shape index (κ3) is 15.4. The Morgan fingerprint density at radius 1 is 0.763 bits per heavy atom. The van der Waals surface area contributed by atoms with Crippen LogP contribution in [0.25, 0.3) is 0 Å². The van der Waals surface area contributed by atoms with E-state index in [0.29, 0.717) is 24.5 Å². The zero-order valence-corrected chi connectivity index (χ0v) is 23.2. The molecule has 2 aromatic heterocycles. The highest BCUT2D eigenvalue weighted by Gasteiger charge is 2.17. The van der Waals surface area contributed by atoms with Gasteiger partial charge in [0.05, 0.1) is 24.6 Å². The van der Waals surface area contributed by atoms with Crippen LogP contribution in [0.5, 0.6) is 11.5 Å². The van der Waals surface area contributed by atoms with Crippen LogP contribution >= 0.6 is 0 Å². The number of carbonyl (C=O) groups is 1. The number of hydrogen-bond donors (Lipinski definition) is 9. The van der Waals surface area contributed by atoms with Crippen molar-refractivity contribution in [3.8, 4) is 11.5 Å². The fourth-order valence-corrected chi connectivity index (χ4v) is 2.64. The molecule has 0 aliphatic rings. The summed E-state index contributed by atoms with van der Waals surface area (Å²) in [5.41, 5.74) is 1.05. The van der Waals surface area contributed by atoms with Crippen molar-refractivity contribution < 1.29 is 40.5 Å². The van der Waals surface area contributed by atoms with Gasteiger partial charge in [0.2, 0.25) is 0 Å². The maximum Gasteiger partial charge on any atom is 0.300 e. The lowest BCUT2D eigenvalue weighted by molar-refractivity contribution is -0.134. The second-order valence-electron chi connectivity index (χ2n) is 10.5. The summed E-state index contributed by atoms with van der Waals surface area (Å²) in [6, 6.07) is 5.94. The molecule has 38 heavy (non-hydrogen) atoms. The van der Waals surface area contributed by atoms with E-state index in [1.54, 1.807) is 12.1 Å². The van der Waals surface area contributed by atoms with Gasteiger partial charge in [0.1, 0.15) is 35.1 Å². The highest BCUT2D eigenvalue weighted by atomic mass is 16.4. The summed E-state index contributed by atoms with van der Waals surface area (Å²) < 4.78 is 0. The summed E-state index contributed by atoms with van der Waals surface area (Å²) in [5.74, 6) is -0.959. The minimum absolute atomic E-state index is 0.0627. The molecule has 0 aliphatic heterocycles. The van der Waals surface area contributed by atoms with E-state index in [1.165, 1.54) is 12.1 Å². The molecule has 0 aliphatic carbocycles. The average Bonchev–Trinajstić information content (AvgIpc) is 2.80. The quantitative estimate of drug-likeness (QED) is 0.233. The largest absolute Gasteiger partial charge is 0.506 e. The van der Waals surface area contributed by atoms with Crippen molar-refractivity contribution in [2.24, 2.45) is 0 Å². The maximum atomic E-state index is 9.91. The van der Waals surface area contributed by atoms with E-state index in [2.05, 4.69) is 20.6 Å². The van der Waals surface area contributed by atoms with E-state index >= 15 is 0 Å². The Balaban J connectivity index is 0.000000632. The van der Waals surface area contributed by atoms with E-state index in [0.717, 1.165) is 6.92 Å². The normalized spacial score (nSPS) is 12.9. The molecule has 0 radical (unpaired) electrons. The second-order valence-corrected chi connectivity index (χ2v) is 10.5. The lowest BCUT2D eigenvalue weighted by atomic mass is 10.1. The van der Waals surface area contributed by atoms with Gasteiger partial charge in [-0.3, -0.25) is 4.79 Å². The number of nitrogens with one attached hydrogen (secondary N) is 2. The summed E-state index contributed by atoms with van der Waals surface area (Å²) in [7, 11) is 0. The van der Waals surface area contributed by atoms with Crippen molar-refractivity contribution >= 4 is 5.97 Å². The highest BCUT2D eigenvalue weighted by Crippen LogP contribution is 2.20. The predicted molar refractivity (Wildman–Crippen MR) is 142 cm³/mol. The monoisotopic (exact) mass is 540 g/mol. The number of aromatic hydroxyl groups is 2. The minimum atomic E-state index is -0.833. The average molecular weight is 541 g/mol. The number of hydrogen-bond acceptors (Lipinski definition) is 11. The molecular formula is C26H44N4O8. The van der Waals surface area contributed by atoms with E-state index in [-0.39, 0.29) is 47.2 Å². The first-order valence-corrected chi connectivity index (χ1v) is 12.0. The van der Waals surface area contributed by atoms with Crippen LogP contribution in [0.1, 0.15) is 83.4 Å². The molecule has 0 fully saturated rings. The summed E-state index contributed by atoms with van der Waals surface area (Å²) >= 11 is 0. The number of carboxylic acids is 1. The van der Waals surface area contributed by atoms with Gasteiger partial charge in [-0.1, -0.05) is 0 Å². The fraction of sp³-hybridized carbons (Fsp3) is 0.577. The summed E-state index contributed by atoms with van der Waals surface area (Å²) in [5, 5.41) is 70.2. The van der Waals surface area contributed by atoms with Crippen LogP contribution in [0.4, 0.5) is 0 Å². The van der Waals surface area contributed by atoms with Gasteiger partial charge in [-0.2, -0.15) is 0 Å². The Morgan fingerprint density at radius 2 is 1.05 bits per heavy atom. The topological polar surface area (TPSA) is 209 Å². The van der Waals surface area contributed by atoms with Crippen molar-refractivity contribution in [2.45, 2.75) is 85.0 Å². The number of aliphatic carboxylic acids is 1. The summed E-state index contributed by atoms with van der Waals surface area (Å²) in [4.78, 5) is 17.0. The summed E-state index contributed by atoms with van der Waals surface area (Å²) in [6.07, 6.45) is -1.53. The SMILES string of the molecule is CC(=O)O.CC(C)(C)NCC(O)c1ccc(O)c(CO)n1.CC(C)(C)NCC(O)c1ccc(O)c(CO)n1. The molecule has 2 heterocycles. The smallest absolute Gasteiger partial charge is 0.300 e. The van der Waals surface area contributed by atoms with E-state index in [9.17, 15) is 20.4 Å². The fourth-order valence-electron chi connectivity index (χ4n) is 2.64. The van der Waals surface area contributed by atoms with E-state index in [1.807, 2.05) is 41.5 Å². The van der Waals surface area contributed by atoms with Crippen molar-refractivity contribution in [2.75, 3.05) is 13.1 Å². The maximum absolute atomic E-state index is 9.91. The van der Waals surface area contributed by atoms with Gasteiger partial charge < -0.3 is 46.4 Å². The van der Waals surface area contributed by atoms with Crippen molar-refractivity contribution in [1.29, 1.82) is 0 Å². The van der Waals surface area contributed by atoms with Crippen LogP contribution in [0.3, 0.4) is 0 Å². The Hall–Kier alpha value is -2.87. The Bertz CT molecular complexity index is 913. The highest BCUT2D eigenvalue weighted by molar-refractivity contribution is 5.62. The van der Waals surface area contributed by atoms with Crippen LogP contribution in [0.2, 0.25) is 0 Å². The number of aliphatic hydroxyl groups is 4. The molecule has 0 bridgehead atoms. The first-order valence-electron chi connectivity index (χ1n) is 12.0. The molecule has 9 N–H and O–H groups in total. The number of β-amino-alcohol motifs (C(OH)–C–C–N with tert-alkyl or cyclic N) is 2. The van der Waals surface area contributed by atoms with Gasteiger partial charge in [-0.25, -0.2) is 9.97 Å². The molecule has 12 nitrogen and oxygen atoms in total. The molecule has 2 atom stereocenters. The van der Waals surface area contributed by atoms with Gasteiger partial charge in [0, 0.05) is 31.1 Å². The van der Waals surface area contributed by atoms with Crippen LogP contribution < -0.4 is 10.6 Å². The zero-order valence-electron chi connectivity index (χ0n) is 23.2. The molecule has 0 amide bonds. The van der Waals surface area contributed by atoms with E-state index < -0.39 is 18.2 Å². The second kappa shape index (κ2) is 16.2. The van der Waals surface area contributed by atoms with Crippen LogP contribution in [0.15, 0.2) is 24.3 Å². The third-order valence-corrected chi connectivity index (χ3v) is 4.58. The van der Waals surface area contributed by atoms with Gasteiger partial charge in [0.25, 0.3) is 5.97 Å². The van der Waals surface area contributed by atoms with Crippen molar-refractivity contribution in [1.82, 2.24) is 20.6 Å². The molecule has 0 spiro atoms. The zero-order chi connectivity index (χ0) is 29.7. The van der Waals surface area contributed by atoms with Gasteiger partial charge in [-0.05, 0) is 65.8 Å². The molecule has 12 heteroatoms. The molecule has 0 saturated heterocycles. The van der Waals surface area contributed by atoms with Gasteiger partial charge in [-0.15, -0.1) is 0 Å². The Labute approximate surface area is 224 Å². The van der Waals surface area contributed by atoms with Crippen molar-refractivity contribution in [3.63, 3.8) is 0 Å². The predicted octanol–water partition coefficient (Wildman–Crippen LogP) is 1.49. The van der Waals surface area contributed by atoms with Gasteiger partial charge in [0.15, 0.2) is 0 Å². The molecule has 2 unspecified atom stereocenters. The molecule has 216 valence electrons. The van der Waals surface area contributed by atoms with Gasteiger partial charge >= 0.3 is 0 Å². The molecular weight excluding hydrogens is 496 g/mol. The van der Waals surface area contributed by atoms with Crippen molar-refractivity contribution in [3.05, 3.63) is 47.0 Å². The molecule has 2 aromatic rings. The minimum Gasteiger partial charge on any atom is -0.506 e. The van der Waals surface area contributed by atoms with Crippen LogP contribution in [0, 0.1) is 0 Å². The third-order valence-electron chi connectivity index (χ3n) is 4.58. The van der Waals surface area contributed by atoms with Crippen LogP contribution in [-0.2, 0) is 18.0 Å². The Morgan fingerprint density at radius 3 is 1.29 bits per heavy atom. The lowest BCUT2D eigenvalue weighted by Gasteiger charge is -2.22. The number of aromatic nitrogens is 2. The number of aliphatic hydroxyl groups excluding tert-OH is 4. The molecule has 0 saturated carbocycles. The molecule has 0 aromatic carbocycles. The first-order chi connectivity index (χ1) is 17.4. The van der Waals surface area contributed by atoms with Crippen LogP contribution in [-0.4, -0.2) is 75.9 Å². The first kappa shape index (κ1) is 35.1. The van der Waals surface area contributed by atoms with E-state index in [4.69, 9.17) is 20.1 Å². The Kier molecular flexibility index (Phi) is 15.0. The number of nitrogens with zero attached hydrogens (tertiary/aromatic N) is 2. The number of carboxylic acid groups (broad SMARTS) is 1. The lowest BCUT2D eigenvalue weighted by Crippen LogP contribution is -2.38. The molecule has 2 rings (SSSR count). The summed E-state index contributed by atoms with van der Waals surface area (Å²) in [6.45, 7) is 13.1. The standard InChI is InChI=1S/2C12H20N2O3.C2H4O2/c2*1-12(2,3)13-6-11(17)8-4-5-10(16)9(7-15)14-8;1-2(3)4/h2*4-5,11,13,15-17H,6-7H2,1-3H3;1H3,(H,3,4). The number of rotatable bonds is 8.